The van der Waals surface area contributed by atoms with Crippen molar-refractivity contribution in [3.63, 3.8) is 0 Å². The fourth-order valence-corrected chi connectivity index (χ4v) is 1.59. The minimum absolute atomic E-state index is 0.909. The van der Waals surface area contributed by atoms with Gasteiger partial charge in [-0.25, -0.2) is 0 Å². The van der Waals surface area contributed by atoms with Crippen molar-refractivity contribution in [1.29, 1.82) is 0 Å². The maximum Gasteiger partial charge on any atom is 0.185 e. The molecule has 0 unspecified atom stereocenters. The van der Waals surface area contributed by atoms with E-state index in [1.165, 1.54) is 31.3 Å². The van der Waals surface area contributed by atoms with E-state index in [0.717, 1.165) is 19.0 Å². The normalized spacial score (nSPS) is 24.8. The van der Waals surface area contributed by atoms with Gasteiger partial charge in [0.05, 0.1) is 6.61 Å². The van der Waals surface area contributed by atoms with Crippen LogP contribution in [0.25, 0.3) is 0 Å². The zero-order valence-electron chi connectivity index (χ0n) is 6.15. The Morgan fingerprint density at radius 1 is 1.20 bits per heavy atom. The second-order valence-corrected chi connectivity index (χ2v) is 2.92. The lowest BCUT2D eigenvalue weighted by Crippen LogP contribution is -2.26. The second kappa shape index (κ2) is 2.52. The van der Waals surface area contributed by atoms with Crippen molar-refractivity contribution in [2.75, 3.05) is 13.2 Å². The van der Waals surface area contributed by atoms with Gasteiger partial charge in [0.15, 0.2) is 5.88 Å². The van der Waals surface area contributed by atoms with Crippen LogP contribution in [0.5, 0.6) is 0 Å². The van der Waals surface area contributed by atoms with Crippen LogP contribution in [0.3, 0.4) is 0 Å². The van der Waals surface area contributed by atoms with Crippen LogP contribution in [-0.4, -0.2) is 13.2 Å². The third kappa shape index (κ3) is 0.981. The molecule has 1 N–H and O–H groups in total. The average Bonchev–Trinajstić information content (AvgIpc) is 2.05. The van der Waals surface area contributed by atoms with Gasteiger partial charge < -0.3 is 10.1 Å². The predicted molar refractivity (Wildman–Crippen MR) is 39.4 cm³/mol. The minimum Gasteiger partial charge on any atom is -0.479 e. The van der Waals surface area contributed by atoms with Gasteiger partial charge in [0.1, 0.15) is 0 Å². The lowest BCUT2D eigenvalue weighted by molar-refractivity contribution is 0.158. The second-order valence-electron chi connectivity index (χ2n) is 2.92. The summed E-state index contributed by atoms with van der Waals surface area (Å²) in [6, 6.07) is 0. The molecule has 2 heteroatoms. The number of ether oxygens (including phenoxy) is 1. The lowest BCUT2D eigenvalue weighted by atomic mass is 10.0. The van der Waals surface area contributed by atoms with Crippen molar-refractivity contribution in [2.45, 2.75) is 25.7 Å². The van der Waals surface area contributed by atoms with E-state index < -0.39 is 0 Å². The maximum absolute atomic E-state index is 5.45. The molecule has 0 radical (unpaired) electrons. The van der Waals surface area contributed by atoms with Gasteiger partial charge in [0.25, 0.3) is 0 Å². The molecule has 2 rings (SSSR count). The number of hydrogen-bond donors (Lipinski definition) is 1. The van der Waals surface area contributed by atoms with Crippen LogP contribution in [0.1, 0.15) is 25.7 Å². The van der Waals surface area contributed by atoms with Crippen molar-refractivity contribution >= 4 is 0 Å². The van der Waals surface area contributed by atoms with Crippen LogP contribution in [0, 0.1) is 0 Å². The Morgan fingerprint density at radius 2 is 2.10 bits per heavy atom. The van der Waals surface area contributed by atoms with Crippen molar-refractivity contribution < 1.29 is 4.74 Å². The largest absolute Gasteiger partial charge is 0.479 e. The van der Waals surface area contributed by atoms with Crippen LogP contribution in [-0.2, 0) is 4.74 Å². The molecule has 10 heavy (non-hydrogen) atoms. The van der Waals surface area contributed by atoms with Crippen LogP contribution < -0.4 is 5.32 Å². The number of nitrogens with one attached hydrogen (secondary N) is 1. The molecule has 0 saturated heterocycles. The summed E-state index contributed by atoms with van der Waals surface area (Å²) in [6.45, 7) is 2.00. The van der Waals surface area contributed by atoms with Gasteiger partial charge in [-0.1, -0.05) is 0 Å². The van der Waals surface area contributed by atoms with E-state index in [-0.39, 0.29) is 0 Å². The molecule has 0 fully saturated rings. The van der Waals surface area contributed by atoms with Crippen LogP contribution >= 0.6 is 0 Å². The molecular weight excluding hydrogens is 126 g/mol. The lowest BCUT2D eigenvalue weighted by Gasteiger charge is -2.25. The summed E-state index contributed by atoms with van der Waals surface area (Å²) in [6.07, 6.45) is 4.99. The van der Waals surface area contributed by atoms with Gasteiger partial charge in [0, 0.05) is 6.54 Å². The molecule has 0 spiro atoms. The molecule has 0 aromatic rings. The van der Waals surface area contributed by atoms with E-state index in [1.807, 2.05) is 0 Å². The summed E-state index contributed by atoms with van der Waals surface area (Å²) in [5.74, 6) is 1.09. The van der Waals surface area contributed by atoms with Gasteiger partial charge in [0.2, 0.25) is 0 Å². The Hall–Kier alpha value is -0.660. The summed E-state index contributed by atoms with van der Waals surface area (Å²) in [7, 11) is 0. The highest BCUT2D eigenvalue weighted by molar-refractivity contribution is 5.12. The summed E-state index contributed by atoms with van der Waals surface area (Å²) < 4.78 is 5.45. The Bertz CT molecular complexity index is 129. The van der Waals surface area contributed by atoms with Crippen molar-refractivity contribution in [3.8, 4) is 0 Å². The first-order valence-corrected chi connectivity index (χ1v) is 4.05. The molecule has 0 amide bonds. The average molecular weight is 139 g/mol. The smallest absolute Gasteiger partial charge is 0.185 e. The van der Waals surface area contributed by atoms with E-state index in [9.17, 15) is 0 Å². The standard InChI is InChI=1S/C8H13NO/c1-3-7-4-2-6-10-8(7)9-5-1/h9H,1-6H2. The highest BCUT2D eigenvalue weighted by Gasteiger charge is 2.16. The van der Waals surface area contributed by atoms with Gasteiger partial charge in [-0.15, -0.1) is 0 Å². The molecule has 2 aliphatic heterocycles. The summed E-state index contributed by atoms with van der Waals surface area (Å²) in [4.78, 5) is 0. The Morgan fingerprint density at radius 3 is 3.00 bits per heavy atom. The van der Waals surface area contributed by atoms with Gasteiger partial charge in [-0.3, -0.25) is 0 Å². The van der Waals surface area contributed by atoms with E-state index in [4.69, 9.17) is 4.74 Å². The third-order valence-electron chi connectivity index (χ3n) is 2.13. The van der Waals surface area contributed by atoms with Crippen molar-refractivity contribution in [2.24, 2.45) is 0 Å². The Labute approximate surface area is 61.3 Å². The number of allylic oxidation sites excluding steroid dienone is 1. The van der Waals surface area contributed by atoms with Crippen LogP contribution in [0.4, 0.5) is 0 Å². The van der Waals surface area contributed by atoms with Gasteiger partial charge in [-0.05, 0) is 31.3 Å². The zero-order chi connectivity index (χ0) is 6.81. The predicted octanol–water partition coefficient (Wildman–Crippen LogP) is 1.39. The molecule has 0 aliphatic carbocycles. The van der Waals surface area contributed by atoms with E-state index in [0.29, 0.717) is 0 Å². The molecule has 0 aromatic carbocycles. The van der Waals surface area contributed by atoms with Gasteiger partial charge in [-0.2, -0.15) is 0 Å². The Balaban J connectivity index is 2.14. The first-order chi connectivity index (χ1) is 4.97. The maximum atomic E-state index is 5.45. The summed E-state index contributed by atoms with van der Waals surface area (Å²) >= 11 is 0. The minimum atomic E-state index is 0.909. The molecule has 0 saturated carbocycles. The van der Waals surface area contributed by atoms with Crippen LogP contribution in [0.2, 0.25) is 0 Å². The quantitative estimate of drug-likeness (QED) is 0.547. The molecule has 0 atom stereocenters. The molecule has 2 aliphatic rings. The first kappa shape index (κ1) is 6.08. The molecule has 2 heterocycles. The van der Waals surface area contributed by atoms with Crippen molar-refractivity contribution in [3.05, 3.63) is 11.5 Å². The zero-order valence-corrected chi connectivity index (χ0v) is 6.15. The SMILES string of the molecule is C1CNC2=C(C1)CCCO2. The molecule has 2 nitrogen and oxygen atoms in total. The molecule has 0 aromatic heterocycles. The summed E-state index contributed by atoms with van der Waals surface area (Å²) in [5.41, 5.74) is 1.51. The first-order valence-electron chi connectivity index (χ1n) is 4.05. The van der Waals surface area contributed by atoms with E-state index >= 15 is 0 Å². The van der Waals surface area contributed by atoms with Gasteiger partial charge >= 0.3 is 0 Å². The van der Waals surface area contributed by atoms with E-state index in [1.54, 1.807) is 0 Å². The third-order valence-corrected chi connectivity index (χ3v) is 2.13. The number of rotatable bonds is 0. The number of hydrogen-bond acceptors (Lipinski definition) is 2. The molecular formula is C8H13NO. The highest BCUT2D eigenvalue weighted by Crippen LogP contribution is 2.23. The summed E-state index contributed by atoms with van der Waals surface area (Å²) in [5, 5.41) is 3.28. The fourth-order valence-electron chi connectivity index (χ4n) is 1.59. The molecule has 0 bridgehead atoms. The molecule has 56 valence electrons. The highest BCUT2D eigenvalue weighted by atomic mass is 16.5. The fraction of sp³-hybridized carbons (Fsp3) is 0.750. The van der Waals surface area contributed by atoms with E-state index in [2.05, 4.69) is 5.32 Å². The Kier molecular flexibility index (Phi) is 1.53. The van der Waals surface area contributed by atoms with Crippen molar-refractivity contribution in [1.82, 2.24) is 5.32 Å². The monoisotopic (exact) mass is 139 g/mol. The topological polar surface area (TPSA) is 21.3 Å². The van der Waals surface area contributed by atoms with Crippen LogP contribution in [0.15, 0.2) is 11.5 Å².